The second-order valence-corrected chi connectivity index (χ2v) is 8.09. The number of hydrogen-bond acceptors (Lipinski definition) is 3. The van der Waals surface area contributed by atoms with Crippen LogP contribution in [0.5, 0.6) is 0 Å². The zero-order chi connectivity index (χ0) is 19.3. The summed E-state index contributed by atoms with van der Waals surface area (Å²) >= 11 is 0. The zero-order valence-corrected chi connectivity index (χ0v) is 16.6. The van der Waals surface area contributed by atoms with Crippen molar-refractivity contribution < 1.29 is 4.79 Å². The number of ketones is 1. The Morgan fingerprint density at radius 1 is 1.00 bits per heavy atom. The molecule has 0 bridgehead atoms. The first kappa shape index (κ1) is 19.2. The minimum Gasteiger partial charge on any atom is -0.361 e. The molecule has 0 unspecified atom stereocenters. The largest absolute Gasteiger partial charge is 0.361 e. The first-order valence-electron chi connectivity index (χ1n) is 9.89. The van der Waals surface area contributed by atoms with Gasteiger partial charge in [-0.2, -0.15) is 0 Å². The van der Waals surface area contributed by atoms with Crippen molar-refractivity contribution in [1.82, 2.24) is 0 Å². The fourth-order valence-corrected chi connectivity index (χ4v) is 3.55. The summed E-state index contributed by atoms with van der Waals surface area (Å²) in [5.74, 6) is 0.860. The van der Waals surface area contributed by atoms with Crippen molar-refractivity contribution in [2.24, 2.45) is 11.3 Å². The molecule has 3 rings (SSSR count). The number of hydrogen-bond donors (Lipinski definition) is 2. The van der Waals surface area contributed by atoms with Gasteiger partial charge in [-0.3, -0.25) is 4.79 Å². The Hall–Kier alpha value is -2.55. The van der Waals surface area contributed by atoms with Crippen LogP contribution >= 0.6 is 0 Å². The Labute approximate surface area is 162 Å². The molecule has 1 saturated carbocycles. The molecule has 142 valence electrons. The highest BCUT2D eigenvalue weighted by Crippen LogP contribution is 2.41. The lowest BCUT2D eigenvalue weighted by atomic mass is 9.68. The Balaban J connectivity index is 1.63. The highest BCUT2D eigenvalue weighted by atomic mass is 16.1. The number of benzene rings is 2. The van der Waals surface area contributed by atoms with Gasteiger partial charge < -0.3 is 10.6 Å². The van der Waals surface area contributed by atoms with Crippen LogP contribution in [0.15, 0.2) is 66.4 Å². The van der Waals surface area contributed by atoms with Gasteiger partial charge in [0.25, 0.3) is 0 Å². The SMILES string of the molecule is CCC(C)(C)[C@H]1CCC(=O)/C(=C/Nc2ccc(Nc3ccccc3)cc2)C1. The summed E-state index contributed by atoms with van der Waals surface area (Å²) in [5.41, 5.74) is 4.31. The van der Waals surface area contributed by atoms with Gasteiger partial charge in [0.1, 0.15) is 0 Å². The monoisotopic (exact) mass is 362 g/mol. The molecule has 1 atom stereocenters. The van der Waals surface area contributed by atoms with Crippen LogP contribution in [0.3, 0.4) is 0 Å². The fourth-order valence-electron chi connectivity index (χ4n) is 3.55. The van der Waals surface area contributed by atoms with E-state index in [1.54, 1.807) is 0 Å². The Morgan fingerprint density at radius 3 is 2.30 bits per heavy atom. The van der Waals surface area contributed by atoms with Crippen molar-refractivity contribution in [1.29, 1.82) is 0 Å². The number of Topliss-reactive ketones (excluding diaryl/α,β-unsaturated/α-hetero) is 1. The molecule has 3 nitrogen and oxygen atoms in total. The molecule has 0 heterocycles. The maximum Gasteiger partial charge on any atom is 0.160 e. The minimum atomic E-state index is 0.282. The molecule has 2 aromatic carbocycles. The maximum absolute atomic E-state index is 12.3. The summed E-state index contributed by atoms with van der Waals surface area (Å²) in [6.07, 6.45) is 5.61. The molecule has 1 aliphatic rings. The van der Waals surface area contributed by atoms with Crippen molar-refractivity contribution in [3.05, 3.63) is 66.4 Å². The molecule has 1 aliphatic carbocycles. The van der Waals surface area contributed by atoms with Gasteiger partial charge >= 0.3 is 0 Å². The lowest BCUT2D eigenvalue weighted by Gasteiger charge is -2.36. The minimum absolute atomic E-state index is 0.282. The van der Waals surface area contributed by atoms with Crippen molar-refractivity contribution in [3.63, 3.8) is 0 Å². The van der Waals surface area contributed by atoms with Crippen LogP contribution in [0.1, 0.15) is 46.5 Å². The summed E-state index contributed by atoms with van der Waals surface area (Å²) in [6.45, 7) is 6.87. The van der Waals surface area contributed by atoms with E-state index in [9.17, 15) is 4.79 Å². The van der Waals surface area contributed by atoms with E-state index in [4.69, 9.17) is 0 Å². The van der Waals surface area contributed by atoms with E-state index in [1.807, 2.05) is 60.8 Å². The van der Waals surface area contributed by atoms with Gasteiger partial charge in [-0.1, -0.05) is 45.4 Å². The van der Waals surface area contributed by atoms with Gasteiger partial charge in [-0.15, -0.1) is 0 Å². The number of nitrogens with one attached hydrogen (secondary N) is 2. The number of allylic oxidation sites excluding steroid dienone is 1. The topological polar surface area (TPSA) is 41.1 Å². The first-order chi connectivity index (χ1) is 13.0. The number of carbonyl (C=O) groups is 1. The molecule has 2 N–H and O–H groups in total. The quantitative estimate of drug-likeness (QED) is 0.574. The van der Waals surface area contributed by atoms with E-state index in [0.29, 0.717) is 12.3 Å². The summed E-state index contributed by atoms with van der Waals surface area (Å²) in [4.78, 5) is 12.3. The predicted octanol–water partition coefficient (Wildman–Crippen LogP) is 6.53. The van der Waals surface area contributed by atoms with Gasteiger partial charge in [0, 0.05) is 35.3 Å². The van der Waals surface area contributed by atoms with E-state index >= 15 is 0 Å². The molecule has 0 saturated heterocycles. The lowest BCUT2D eigenvalue weighted by Crippen LogP contribution is -2.29. The first-order valence-corrected chi connectivity index (χ1v) is 9.89. The van der Waals surface area contributed by atoms with Gasteiger partial charge in [-0.25, -0.2) is 0 Å². The second kappa shape index (κ2) is 8.43. The Kier molecular flexibility index (Phi) is 6.00. The van der Waals surface area contributed by atoms with Crippen LogP contribution in [0, 0.1) is 11.3 Å². The third-order valence-corrected chi connectivity index (χ3v) is 5.92. The van der Waals surface area contributed by atoms with E-state index in [1.165, 1.54) is 0 Å². The molecular formula is C24H30N2O. The average Bonchev–Trinajstić information content (AvgIpc) is 2.69. The zero-order valence-electron chi connectivity index (χ0n) is 16.6. The van der Waals surface area contributed by atoms with Gasteiger partial charge in [0.05, 0.1) is 0 Å². The molecule has 1 fully saturated rings. The second-order valence-electron chi connectivity index (χ2n) is 8.09. The Bertz CT molecular complexity index is 791. The van der Waals surface area contributed by atoms with E-state index in [0.717, 1.165) is 41.9 Å². The highest BCUT2D eigenvalue weighted by molar-refractivity contribution is 5.96. The standard InChI is InChI=1S/C24H30N2O/c1-4-24(2,3)19-10-15-23(27)18(16-19)17-25-20-11-13-22(14-12-20)26-21-8-6-5-7-9-21/h5-9,11-14,17,19,25-26H,4,10,15-16H2,1-3H3/b18-17+/t19-/m0/s1. The number of carbonyl (C=O) groups excluding carboxylic acids is 1. The normalized spacial score (nSPS) is 19.1. The molecule has 0 aliphatic heterocycles. The summed E-state index contributed by atoms with van der Waals surface area (Å²) in [5, 5.41) is 6.69. The van der Waals surface area contributed by atoms with Crippen LogP contribution in [0.25, 0.3) is 0 Å². The van der Waals surface area contributed by atoms with Crippen LogP contribution in [0.4, 0.5) is 17.1 Å². The molecular weight excluding hydrogens is 332 g/mol. The van der Waals surface area contributed by atoms with Crippen molar-refractivity contribution >= 4 is 22.8 Å². The van der Waals surface area contributed by atoms with Gasteiger partial charge in [-0.05, 0) is 60.6 Å². The van der Waals surface area contributed by atoms with E-state index in [2.05, 4.69) is 31.4 Å². The van der Waals surface area contributed by atoms with Crippen molar-refractivity contribution in [3.8, 4) is 0 Å². The third-order valence-electron chi connectivity index (χ3n) is 5.92. The molecule has 27 heavy (non-hydrogen) atoms. The Morgan fingerprint density at radius 2 is 1.63 bits per heavy atom. The van der Waals surface area contributed by atoms with E-state index < -0.39 is 0 Å². The highest BCUT2D eigenvalue weighted by Gasteiger charge is 2.33. The summed E-state index contributed by atoms with van der Waals surface area (Å²) in [7, 11) is 0. The predicted molar refractivity (Wildman–Crippen MR) is 114 cm³/mol. The lowest BCUT2D eigenvalue weighted by molar-refractivity contribution is -0.117. The molecule has 0 amide bonds. The molecule has 0 radical (unpaired) electrons. The van der Waals surface area contributed by atoms with E-state index in [-0.39, 0.29) is 11.2 Å². The molecule has 2 aromatic rings. The third kappa shape index (κ3) is 5.00. The smallest absolute Gasteiger partial charge is 0.160 e. The van der Waals surface area contributed by atoms with Gasteiger partial charge in [0.2, 0.25) is 0 Å². The fraction of sp³-hybridized carbons (Fsp3) is 0.375. The van der Waals surface area contributed by atoms with Crippen LogP contribution in [-0.2, 0) is 4.79 Å². The number of rotatable bonds is 6. The number of para-hydroxylation sites is 1. The summed E-state index contributed by atoms with van der Waals surface area (Å²) in [6, 6.07) is 18.3. The molecule has 0 aromatic heterocycles. The van der Waals surface area contributed by atoms with Crippen LogP contribution in [-0.4, -0.2) is 5.78 Å². The van der Waals surface area contributed by atoms with Crippen molar-refractivity contribution in [2.75, 3.05) is 10.6 Å². The van der Waals surface area contributed by atoms with Crippen LogP contribution < -0.4 is 10.6 Å². The maximum atomic E-state index is 12.3. The molecule has 3 heteroatoms. The van der Waals surface area contributed by atoms with Gasteiger partial charge in [0.15, 0.2) is 5.78 Å². The molecule has 0 spiro atoms. The van der Waals surface area contributed by atoms with Crippen LogP contribution in [0.2, 0.25) is 0 Å². The average molecular weight is 363 g/mol. The van der Waals surface area contributed by atoms with Crippen molar-refractivity contribution in [2.45, 2.75) is 46.5 Å². The number of anilines is 3. The summed E-state index contributed by atoms with van der Waals surface area (Å²) < 4.78 is 0.